The molecule has 1 aromatic heterocycles. The van der Waals surface area contributed by atoms with Gasteiger partial charge in [-0.1, -0.05) is 33.1 Å². The van der Waals surface area contributed by atoms with Crippen molar-refractivity contribution in [3.63, 3.8) is 0 Å². The van der Waals surface area contributed by atoms with Gasteiger partial charge in [0.25, 0.3) is 0 Å². The van der Waals surface area contributed by atoms with Gasteiger partial charge in [0.1, 0.15) is 0 Å². The molecule has 0 aromatic carbocycles. The third-order valence-corrected chi connectivity index (χ3v) is 5.14. The van der Waals surface area contributed by atoms with E-state index in [1.165, 1.54) is 44.2 Å². The first kappa shape index (κ1) is 15.6. The van der Waals surface area contributed by atoms with Crippen molar-refractivity contribution >= 4 is 0 Å². The van der Waals surface area contributed by atoms with E-state index in [0.29, 0.717) is 6.04 Å². The minimum Gasteiger partial charge on any atom is -0.314 e. The van der Waals surface area contributed by atoms with Crippen molar-refractivity contribution < 1.29 is 0 Å². The first-order valence-electron chi connectivity index (χ1n) is 8.44. The van der Waals surface area contributed by atoms with Crippen molar-refractivity contribution in [2.45, 2.75) is 64.8 Å². The van der Waals surface area contributed by atoms with Gasteiger partial charge in [0.05, 0.1) is 0 Å². The molecule has 1 aromatic rings. The van der Waals surface area contributed by atoms with Gasteiger partial charge in [0.2, 0.25) is 0 Å². The minimum absolute atomic E-state index is 0.688. The predicted molar refractivity (Wildman–Crippen MR) is 84.7 cm³/mol. The van der Waals surface area contributed by atoms with Gasteiger partial charge < -0.3 is 5.32 Å². The summed E-state index contributed by atoms with van der Waals surface area (Å²) in [7, 11) is 2.05. The summed E-state index contributed by atoms with van der Waals surface area (Å²) < 4.78 is 2.01. The van der Waals surface area contributed by atoms with Crippen molar-refractivity contribution in [3.8, 4) is 0 Å². The van der Waals surface area contributed by atoms with Gasteiger partial charge in [-0.05, 0) is 50.1 Å². The van der Waals surface area contributed by atoms with E-state index in [-0.39, 0.29) is 0 Å². The molecule has 1 aliphatic carbocycles. The molecule has 0 aliphatic heterocycles. The summed E-state index contributed by atoms with van der Waals surface area (Å²) in [5.41, 5.74) is 1.36. The van der Waals surface area contributed by atoms with E-state index in [2.05, 4.69) is 30.3 Å². The fourth-order valence-corrected chi connectivity index (χ4v) is 3.72. The maximum Gasteiger partial charge on any atom is 0.0492 e. The Morgan fingerprint density at radius 1 is 1.30 bits per heavy atom. The number of nitrogens with one attached hydrogen (secondary N) is 1. The zero-order valence-electron chi connectivity index (χ0n) is 13.4. The Morgan fingerprint density at radius 3 is 2.60 bits per heavy atom. The van der Waals surface area contributed by atoms with E-state index in [0.717, 1.165) is 24.8 Å². The molecule has 20 heavy (non-hydrogen) atoms. The Kier molecular flexibility index (Phi) is 6.08. The molecule has 0 saturated heterocycles. The number of aromatic nitrogens is 2. The smallest absolute Gasteiger partial charge is 0.0492 e. The van der Waals surface area contributed by atoms with Gasteiger partial charge in [0.15, 0.2) is 0 Å². The lowest BCUT2D eigenvalue weighted by Crippen LogP contribution is -2.38. The Labute approximate surface area is 124 Å². The molecule has 1 atom stereocenters. The van der Waals surface area contributed by atoms with Crippen molar-refractivity contribution in [2.75, 3.05) is 6.54 Å². The van der Waals surface area contributed by atoms with E-state index >= 15 is 0 Å². The van der Waals surface area contributed by atoms with E-state index in [1.54, 1.807) is 0 Å². The molecule has 3 heteroatoms. The molecule has 1 unspecified atom stereocenters. The van der Waals surface area contributed by atoms with Crippen LogP contribution in [-0.4, -0.2) is 22.4 Å². The second-order valence-corrected chi connectivity index (χ2v) is 6.34. The number of hydrogen-bond acceptors (Lipinski definition) is 2. The Hall–Kier alpha value is -0.830. The molecule has 1 saturated carbocycles. The monoisotopic (exact) mass is 277 g/mol. The van der Waals surface area contributed by atoms with Gasteiger partial charge in [-0.15, -0.1) is 0 Å². The Balaban J connectivity index is 1.85. The van der Waals surface area contributed by atoms with Gasteiger partial charge in [-0.25, -0.2) is 0 Å². The Bertz CT molecular complexity index is 377. The highest BCUT2D eigenvalue weighted by molar-refractivity contribution is 5.00. The molecule has 0 spiro atoms. The van der Waals surface area contributed by atoms with Gasteiger partial charge in [-0.2, -0.15) is 5.10 Å². The highest BCUT2D eigenvalue weighted by atomic mass is 15.2. The van der Waals surface area contributed by atoms with Crippen LogP contribution in [0, 0.1) is 11.8 Å². The van der Waals surface area contributed by atoms with Gasteiger partial charge >= 0.3 is 0 Å². The summed E-state index contributed by atoms with van der Waals surface area (Å²) in [4.78, 5) is 0. The van der Waals surface area contributed by atoms with Crippen LogP contribution < -0.4 is 5.32 Å². The third-order valence-electron chi connectivity index (χ3n) is 5.14. The summed E-state index contributed by atoms with van der Waals surface area (Å²) in [6.45, 7) is 5.66. The summed E-state index contributed by atoms with van der Waals surface area (Å²) in [5, 5.41) is 8.01. The quantitative estimate of drug-likeness (QED) is 0.826. The summed E-state index contributed by atoms with van der Waals surface area (Å²) in [5.74, 6) is 1.87. The first-order valence-corrected chi connectivity index (χ1v) is 8.44. The normalized spacial score (nSPS) is 24.8. The number of nitrogens with zero attached hydrogens (tertiary/aromatic N) is 2. The van der Waals surface area contributed by atoms with Crippen LogP contribution >= 0.6 is 0 Å². The fraction of sp³-hybridized carbons (Fsp3) is 0.824. The molecule has 1 fully saturated rings. The number of rotatable bonds is 7. The minimum atomic E-state index is 0.688. The number of aryl methyl sites for hydroxylation is 2. The summed E-state index contributed by atoms with van der Waals surface area (Å²) in [6.07, 6.45) is 11.4. The van der Waals surface area contributed by atoms with E-state index in [1.807, 2.05) is 17.9 Å². The average molecular weight is 277 g/mol. The van der Waals surface area contributed by atoms with Gasteiger partial charge in [0, 0.05) is 25.0 Å². The SMILES string of the molecule is CCNC(CCc1ccnn1C)C1CCC(CC)CC1. The highest BCUT2D eigenvalue weighted by Gasteiger charge is 2.26. The molecular formula is C17H31N3. The van der Waals surface area contributed by atoms with Crippen molar-refractivity contribution in [1.82, 2.24) is 15.1 Å². The number of hydrogen-bond donors (Lipinski definition) is 1. The van der Waals surface area contributed by atoms with Crippen LogP contribution in [0.1, 0.15) is 58.1 Å². The van der Waals surface area contributed by atoms with Crippen molar-refractivity contribution in [3.05, 3.63) is 18.0 Å². The van der Waals surface area contributed by atoms with Crippen LogP contribution in [0.2, 0.25) is 0 Å². The second kappa shape index (κ2) is 7.82. The lowest BCUT2D eigenvalue weighted by atomic mass is 9.76. The molecule has 1 N–H and O–H groups in total. The maximum absolute atomic E-state index is 4.27. The van der Waals surface area contributed by atoms with E-state index in [4.69, 9.17) is 0 Å². The van der Waals surface area contributed by atoms with E-state index in [9.17, 15) is 0 Å². The Morgan fingerprint density at radius 2 is 2.05 bits per heavy atom. The molecule has 114 valence electrons. The van der Waals surface area contributed by atoms with Crippen LogP contribution in [0.4, 0.5) is 0 Å². The molecule has 0 amide bonds. The molecule has 1 heterocycles. The van der Waals surface area contributed by atoms with Crippen LogP contribution in [0.5, 0.6) is 0 Å². The molecule has 0 radical (unpaired) electrons. The molecule has 0 bridgehead atoms. The summed E-state index contributed by atoms with van der Waals surface area (Å²) in [6, 6.07) is 2.84. The molecule has 1 aliphatic rings. The van der Waals surface area contributed by atoms with Crippen LogP contribution in [0.3, 0.4) is 0 Å². The third kappa shape index (κ3) is 4.08. The van der Waals surface area contributed by atoms with Gasteiger partial charge in [-0.3, -0.25) is 4.68 Å². The second-order valence-electron chi connectivity index (χ2n) is 6.34. The lowest BCUT2D eigenvalue weighted by Gasteiger charge is -2.34. The molecule has 2 rings (SSSR count). The molecular weight excluding hydrogens is 246 g/mol. The van der Waals surface area contributed by atoms with Crippen LogP contribution in [0.15, 0.2) is 12.3 Å². The average Bonchev–Trinajstić information content (AvgIpc) is 2.89. The van der Waals surface area contributed by atoms with E-state index < -0.39 is 0 Å². The largest absolute Gasteiger partial charge is 0.314 e. The fourth-order valence-electron chi connectivity index (χ4n) is 3.72. The topological polar surface area (TPSA) is 29.9 Å². The van der Waals surface area contributed by atoms with Crippen molar-refractivity contribution in [1.29, 1.82) is 0 Å². The van der Waals surface area contributed by atoms with Crippen LogP contribution in [-0.2, 0) is 13.5 Å². The summed E-state index contributed by atoms with van der Waals surface area (Å²) >= 11 is 0. The first-order chi connectivity index (χ1) is 9.74. The zero-order valence-corrected chi connectivity index (χ0v) is 13.4. The standard InChI is InChI=1S/C17H31N3/c1-4-14-6-8-15(9-7-14)17(18-5-2)11-10-16-12-13-19-20(16)3/h12-15,17-18H,4-11H2,1-3H3. The highest BCUT2D eigenvalue weighted by Crippen LogP contribution is 2.33. The predicted octanol–water partition coefficient (Wildman–Crippen LogP) is 3.55. The zero-order chi connectivity index (χ0) is 14.4. The maximum atomic E-state index is 4.27. The van der Waals surface area contributed by atoms with Crippen molar-refractivity contribution in [2.24, 2.45) is 18.9 Å². The molecule has 3 nitrogen and oxygen atoms in total. The van der Waals surface area contributed by atoms with Crippen LogP contribution in [0.25, 0.3) is 0 Å². The lowest BCUT2D eigenvalue weighted by molar-refractivity contribution is 0.212.